The van der Waals surface area contributed by atoms with Crippen LogP contribution in [0.3, 0.4) is 0 Å². The minimum Gasteiger partial charge on any atom is -0.337 e. The standard InChI is InChI=1S/C17H22N4O3S/c18-10-12-3-6-20(7-4-12)17(22)15-9-16(13-1-2-13)21(19-15)14-5-8-25(23,24)11-14/h9,12-14H,1-8,11H2. The largest absolute Gasteiger partial charge is 0.337 e. The summed E-state index contributed by atoms with van der Waals surface area (Å²) in [5.41, 5.74) is 1.43. The Labute approximate surface area is 147 Å². The van der Waals surface area contributed by atoms with E-state index in [1.54, 1.807) is 4.90 Å². The molecule has 2 saturated heterocycles. The Morgan fingerprint density at radius 2 is 1.92 bits per heavy atom. The van der Waals surface area contributed by atoms with Crippen LogP contribution < -0.4 is 0 Å². The quantitative estimate of drug-likeness (QED) is 0.812. The Bertz CT molecular complexity index is 827. The molecule has 1 aromatic rings. The van der Waals surface area contributed by atoms with Gasteiger partial charge in [-0.2, -0.15) is 10.4 Å². The fraction of sp³-hybridized carbons (Fsp3) is 0.706. The van der Waals surface area contributed by atoms with Crippen LogP contribution >= 0.6 is 0 Å². The van der Waals surface area contributed by atoms with Crippen LogP contribution in [0.15, 0.2) is 6.07 Å². The molecule has 1 amide bonds. The number of nitrogens with zero attached hydrogens (tertiary/aromatic N) is 4. The van der Waals surface area contributed by atoms with E-state index in [1.807, 2.05) is 10.7 Å². The number of likely N-dealkylation sites (tertiary alicyclic amines) is 1. The summed E-state index contributed by atoms with van der Waals surface area (Å²) in [5, 5.41) is 13.5. The molecule has 2 aliphatic heterocycles. The predicted octanol–water partition coefficient (Wildman–Crippen LogP) is 1.50. The van der Waals surface area contributed by atoms with Gasteiger partial charge in [-0.15, -0.1) is 0 Å². The predicted molar refractivity (Wildman–Crippen MR) is 90.8 cm³/mol. The van der Waals surface area contributed by atoms with Crippen LogP contribution in [0.5, 0.6) is 0 Å². The number of hydrogen-bond acceptors (Lipinski definition) is 5. The molecule has 0 N–H and O–H groups in total. The zero-order valence-corrected chi connectivity index (χ0v) is 14.9. The second kappa shape index (κ2) is 6.13. The molecule has 1 aliphatic carbocycles. The molecule has 7 nitrogen and oxygen atoms in total. The fourth-order valence-corrected chi connectivity index (χ4v) is 5.52. The Hall–Kier alpha value is -1.88. The van der Waals surface area contributed by atoms with E-state index >= 15 is 0 Å². The molecule has 0 radical (unpaired) electrons. The first-order chi connectivity index (χ1) is 12.0. The zero-order chi connectivity index (χ0) is 17.6. The molecule has 1 aromatic heterocycles. The van der Waals surface area contributed by atoms with E-state index < -0.39 is 9.84 Å². The smallest absolute Gasteiger partial charge is 0.274 e. The van der Waals surface area contributed by atoms with Gasteiger partial charge in [-0.05, 0) is 38.2 Å². The molecular formula is C17H22N4O3S. The lowest BCUT2D eigenvalue weighted by Gasteiger charge is -2.28. The Morgan fingerprint density at radius 1 is 1.20 bits per heavy atom. The van der Waals surface area contributed by atoms with E-state index in [4.69, 9.17) is 5.26 Å². The van der Waals surface area contributed by atoms with E-state index in [2.05, 4.69) is 11.2 Å². The second-order valence-electron chi connectivity index (χ2n) is 7.43. The second-order valence-corrected chi connectivity index (χ2v) is 9.65. The van der Waals surface area contributed by atoms with E-state index in [-0.39, 0.29) is 29.4 Å². The average Bonchev–Trinajstić information content (AvgIpc) is 3.26. The molecule has 1 atom stereocenters. The molecule has 4 rings (SSSR count). The third-order valence-corrected chi connectivity index (χ3v) is 7.25. The average molecular weight is 362 g/mol. The van der Waals surface area contributed by atoms with Crippen molar-refractivity contribution in [2.75, 3.05) is 24.6 Å². The number of rotatable bonds is 3. The van der Waals surface area contributed by atoms with Crippen molar-refractivity contribution in [2.45, 2.75) is 44.1 Å². The van der Waals surface area contributed by atoms with Crippen molar-refractivity contribution in [3.05, 3.63) is 17.5 Å². The highest BCUT2D eigenvalue weighted by Gasteiger charge is 2.36. The summed E-state index contributed by atoms with van der Waals surface area (Å²) < 4.78 is 25.4. The minimum absolute atomic E-state index is 0.0346. The summed E-state index contributed by atoms with van der Waals surface area (Å²) in [6.45, 7) is 1.17. The van der Waals surface area contributed by atoms with Crippen LogP contribution in [-0.4, -0.2) is 53.6 Å². The van der Waals surface area contributed by atoms with Gasteiger partial charge in [0, 0.05) is 30.6 Å². The molecule has 3 heterocycles. The van der Waals surface area contributed by atoms with Gasteiger partial charge in [0.2, 0.25) is 0 Å². The van der Waals surface area contributed by atoms with Gasteiger partial charge in [0.05, 0.1) is 23.6 Å². The van der Waals surface area contributed by atoms with Gasteiger partial charge in [-0.25, -0.2) is 8.42 Å². The maximum absolute atomic E-state index is 12.8. The molecule has 0 aromatic carbocycles. The summed E-state index contributed by atoms with van der Waals surface area (Å²) in [5.74, 6) is 0.661. The first-order valence-corrected chi connectivity index (χ1v) is 10.8. The van der Waals surface area contributed by atoms with Gasteiger partial charge < -0.3 is 4.90 Å². The number of nitriles is 1. The van der Waals surface area contributed by atoms with Crippen LogP contribution in [-0.2, 0) is 9.84 Å². The first-order valence-electron chi connectivity index (χ1n) is 8.95. The van der Waals surface area contributed by atoms with Crippen LogP contribution in [0.25, 0.3) is 0 Å². The van der Waals surface area contributed by atoms with Crippen molar-refractivity contribution >= 4 is 15.7 Å². The number of carbonyl (C=O) groups is 1. The van der Waals surface area contributed by atoms with Crippen molar-refractivity contribution in [1.29, 1.82) is 5.26 Å². The zero-order valence-electron chi connectivity index (χ0n) is 14.1. The fourth-order valence-electron chi connectivity index (χ4n) is 3.83. The van der Waals surface area contributed by atoms with Crippen molar-refractivity contribution in [2.24, 2.45) is 5.92 Å². The van der Waals surface area contributed by atoms with E-state index in [9.17, 15) is 13.2 Å². The van der Waals surface area contributed by atoms with Gasteiger partial charge in [0.25, 0.3) is 5.91 Å². The number of aromatic nitrogens is 2. The van der Waals surface area contributed by atoms with Crippen molar-refractivity contribution in [3.8, 4) is 6.07 Å². The van der Waals surface area contributed by atoms with E-state index in [0.717, 1.165) is 18.5 Å². The lowest BCUT2D eigenvalue weighted by molar-refractivity contribution is 0.0700. The van der Waals surface area contributed by atoms with E-state index in [0.29, 0.717) is 44.0 Å². The van der Waals surface area contributed by atoms with Crippen molar-refractivity contribution in [1.82, 2.24) is 14.7 Å². The SMILES string of the molecule is N#CC1CCN(C(=O)c2cc(C3CC3)n(C3CCS(=O)(=O)C3)n2)CC1. The van der Waals surface area contributed by atoms with Crippen LogP contribution in [0.2, 0.25) is 0 Å². The summed E-state index contributed by atoms with van der Waals surface area (Å²) in [6.07, 6.45) is 4.14. The molecule has 3 aliphatic rings. The molecule has 0 bridgehead atoms. The van der Waals surface area contributed by atoms with Gasteiger partial charge in [-0.1, -0.05) is 0 Å². The van der Waals surface area contributed by atoms with Crippen molar-refractivity contribution < 1.29 is 13.2 Å². The molecular weight excluding hydrogens is 340 g/mol. The van der Waals surface area contributed by atoms with Gasteiger partial charge in [-0.3, -0.25) is 9.48 Å². The van der Waals surface area contributed by atoms with E-state index in [1.165, 1.54) is 0 Å². The number of piperidine rings is 1. The Balaban J connectivity index is 1.56. The summed E-state index contributed by atoms with van der Waals surface area (Å²) >= 11 is 0. The maximum atomic E-state index is 12.8. The normalized spacial score (nSPS) is 26.5. The number of carbonyl (C=O) groups excluding carboxylic acids is 1. The molecule has 134 valence electrons. The summed E-state index contributed by atoms with van der Waals surface area (Å²) in [7, 11) is -2.99. The maximum Gasteiger partial charge on any atom is 0.274 e. The van der Waals surface area contributed by atoms with Crippen LogP contribution in [0, 0.1) is 17.2 Å². The first kappa shape index (κ1) is 16.6. The minimum atomic E-state index is -2.99. The Morgan fingerprint density at radius 3 is 2.48 bits per heavy atom. The molecule has 0 spiro atoms. The molecule has 8 heteroatoms. The number of amides is 1. The van der Waals surface area contributed by atoms with Crippen LogP contribution in [0.1, 0.15) is 60.2 Å². The highest BCUT2D eigenvalue weighted by atomic mass is 32.2. The molecule has 1 saturated carbocycles. The Kier molecular flexibility index (Phi) is 4.07. The topological polar surface area (TPSA) is 96.1 Å². The molecule has 1 unspecified atom stereocenters. The third-order valence-electron chi connectivity index (χ3n) is 5.50. The number of sulfone groups is 1. The van der Waals surface area contributed by atoms with Gasteiger partial charge in [0.1, 0.15) is 0 Å². The monoisotopic (exact) mass is 362 g/mol. The van der Waals surface area contributed by atoms with Crippen LogP contribution in [0.4, 0.5) is 0 Å². The van der Waals surface area contributed by atoms with Gasteiger partial charge in [0.15, 0.2) is 15.5 Å². The number of hydrogen-bond donors (Lipinski definition) is 0. The highest BCUT2D eigenvalue weighted by molar-refractivity contribution is 7.91. The summed E-state index contributed by atoms with van der Waals surface area (Å²) in [4.78, 5) is 14.6. The summed E-state index contributed by atoms with van der Waals surface area (Å²) in [6, 6.07) is 3.99. The lowest BCUT2D eigenvalue weighted by atomic mass is 9.98. The highest BCUT2D eigenvalue weighted by Crippen LogP contribution is 2.42. The van der Waals surface area contributed by atoms with Crippen molar-refractivity contribution in [3.63, 3.8) is 0 Å². The van der Waals surface area contributed by atoms with Gasteiger partial charge >= 0.3 is 0 Å². The molecule has 3 fully saturated rings. The lowest BCUT2D eigenvalue weighted by Crippen LogP contribution is -2.38. The molecule has 25 heavy (non-hydrogen) atoms. The third kappa shape index (κ3) is 3.30.